The van der Waals surface area contributed by atoms with E-state index in [1.54, 1.807) is 0 Å². The van der Waals surface area contributed by atoms with Crippen LogP contribution in [0.2, 0.25) is 0 Å². The Balaban J connectivity index is 1.71. The third-order valence-electron chi connectivity index (χ3n) is 4.59. The summed E-state index contributed by atoms with van der Waals surface area (Å²) in [6, 6.07) is 15.7. The molecule has 1 nitrogen and oxygen atoms in total. The number of hydrogen-bond acceptors (Lipinski definition) is 2. The highest BCUT2D eigenvalue weighted by molar-refractivity contribution is 7.17. The monoisotopic (exact) mass is 337 g/mol. The molecule has 0 amide bonds. The molecule has 0 saturated carbocycles. The first-order valence-corrected chi connectivity index (χ1v) is 9.46. The molecule has 3 rings (SSSR count). The number of hydrogen-bond donors (Lipinski definition) is 0. The lowest BCUT2D eigenvalue weighted by Crippen LogP contribution is -2.17. The van der Waals surface area contributed by atoms with E-state index in [1.807, 2.05) is 11.3 Å². The van der Waals surface area contributed by atoms with Gasteiger partial charge in [-0.3, -0.25) is 4.90 Å². The summed E-state index contributed by atoms with van der Waals surface area (Å²) in [5.74, 6) is 0. The molecule has 0 aliphatic carbocycles. The molecule has 0 bridgehead atoms. The van der Waals surface area contributed by atoms with E-state index in [9.17, 15) is 0 Å². The Morgan fingerprint density at radius 2 is 1.67 bits per heavy atom. The van der Waals surface area contributed by atoms with Gasteiger partial charge in [0.15, 0.2) is 0 Å². The van der Waals surface area contributed by atoms with Crippen molar-refractivity contribution in [1.29, 1.82) is 0 Å². The Bertz CT molecular complexity index is 821. The molecular weight excluding hydrogens is 310 g/mol. The molecular formula is C22H27NS. The van der Waals surface area contributed by atoms with Crippen LogP contribution in [0.15, 0.2) is 47.8 Å². The van der Waals surface area contributed by atoms with Crippen LogP contribution in [0.25, 0.3) is 10.1 Å². The fourth-order valence-electron chi connectivity index (χ4n) is 3.15. The van der Waals surface area contributed by atoms with Gasteiger partial charge in [0.1, 0.15) is 0 Å². The van der Waals surface area contributed by atoms with Gasteiger partial charge in [-0.1, -0.05) is 63.2 Å². The molecule has 2 heteroatoms. The van der Waals surface area contributed by atoms with Crippen LogP contribution >= 0.6 is 11.3 Å². The fraction of sp³-hybridized carbons (Fsp3) is 0.364. The Morgan fingerprint density at radius 3 is 2.33 bits per heavy atom. The number of benzene rings is 2. The predicted octanol–water partition coefficient (Wildman–Crippen LogP) is 6.14. The van der Waals surface area contributed by atoms with Crippen LogP contribution < -0.4 is 0 Å². The molecule has 0 spiro atoms. The Morgan fingerprint density at radius 1 is 0.958 bits per heavy atom. The van der Waals surface area contributed by atoms with Gasteiger partial charge in [0.25, 0.3) is 0 Å². The zero-order chi connectivity index (χ0) is 17.3. The number of rotatable bonds is 4. The van der Waals surface area contributed by atoms with Crippen LogP contribution in [0.1, 0.15) is 43.0 Å². The van der Waals surface area contributed by atoms with Gasteiger partial charge >= 0.3 is 0 Å². The summed E-state index contributed by atoms with van der Waals surface area (Å²) < 4.78 is 1.43. The second-order valence-corrected chi connectivity index (χ2v) is 8.71. The van der Waals surface area contributed by atoms with Crippen molar-refractivity contribution >= 4 is 21.4 Å². The highest BCUT2D eigenvalue weighted by atomic mass is 32.1. The lowest BCUT2D eigenvalue weighted by Gasteiger charge is -2.20. The minimum atomic E-state index is 0.220. The van der Waals surface area contributed by atoms with E-state index in [0.29, 0.717) is 0 Å². The third kappa shape index (κ3) is 3.71. The van der Waals surface area contributed by atoms with Gasteiger partial charge in [-0.15, -0.1) is 11.3 Å². The molecule has 0 aliphatic rings. The molecule has 2 aromatic carbocycles. The second kappa shape index (κ2) is 6.70. The molecule has 0 N–H and O–H groups in total. The predicted molar refractivity (Wildman–Crippen MR) is 107 cm³/mol. The maximum atomic E-state index is 2.40. The van der Waals surface area contributed by atoms with Crippen LogP contribution in [-0.2, 0) is 18.5 Å². The second-order valence-electron chi connectivity index (χ2n) is 7.83. The van der Waals surface area contributed by atoms with Crippen LogP contribution in [0.3, 0.4) is 0 Å². The van der Waals surface area contributed by atoms with Crippen molar-refractivity contribution in [2.45, 2.75) is 46.2 Å². The first kappa shape index (κ1) is 17.2. The summed E-state index contributed by atoms with van der Waals surface area (Å²) in [5.41, 5.74) is 5.81. The van der Waals surface area contributed by atoms with Crippen molar-refractivity contribution in [1.82, 2.24) is 4.90 Å². The van der Waals surface area contributed by atoms with Crippen molar-refractivity contribution in [3.05, 3.63) is 70.1 Å². The van der Waals surface area contributed by atoms with Gasteiger partial charge in [0, 0.05) is 17.8 Å². The molecule has 24 heavy (non-hydrogen) atoms. The quantitative estimate of drug-likeness (QED) is 0.553. The van der Waals surface area contributed by atoms with Crippen molar-refractivity contribution in [3.63, 3.8) is 0 Å². The van der Waals surface area contributed by atoms with Gasteiger partial charge in [-0.2, -0.15) is 0 Å². The van der Waals surface area contributed by atoms with Crippen molar-refractivity contribution in [2.75, 3.05) is 7.05 Å². The molecule has 3 aromatic rings. The zero-order valence-corrected chi connectivity index (χ0v) is 16.2. The highest BCUT2D eigenvalue weighted by Gasteiger charge is 2.13. The van der Waals surface area contributed by atoms with Crippen molar-refractivity contribution in [3.8, 4) is 0 Å². The standard InChI is InChI=1S/C22H27NS/c1-16-7-6-8-20-18(15-24-21(16)20)14-23(5)13-17-9-11-19(12-10-17)22(2,3)4/h6-12,15H,13-14H2,1-5H3. The third-order valence-corrected chi connectivity index (χ3v) is 5.77. The van der Waals surface area contributed by atoms with Crippen molar-refractivity contribution < 1.29 is 0 Å². The van der Waals surface area contributed by atoms with E-state index in [4.69, 9.17) is 0 Å². The molecule has 0 saturated heterocycles. The number of aryl methyl sites for hydroxylation is 1. The summed E-state index contributed by atoms with van der Waals surface area (Å²) in [7, 11) is 2.21. The molecule has 0 fully saturated rings. The lowest BCUT2D eigenvalue weighted by molar-refractivity contribution is 0.320. The van der Waals surface area contributed by atoms with E-state index in [2.05, 4.69) is 87.5 Å². The normalized spacial score (nSPS) is 12.2. The summed E-state index contributed by atoms with van der Waals surface area (Å²) >= 11 is 1.87. The largest absolute Gasteiger partial charge is 0.298 e. The SMILES string of the molecule is Cc1cccc2c(CN(C)Cc3ccc(C(C)(C)C)cc3)csc12. The fourth-order valence-corrected chi connectivity index (χ4v) is 4.19. The van der Waals surface area contributed by atoms with E-state index in [1.165, 1.54) is 32.3 Å². The van der Waals surface area contributed by atoms with Crippen LogP contribution in [0.4, 0.5) is 0 Å². The first-order valence-electron chi connectivity index (χ1n) is 8.58. The molecule has 126 valence electrons. The highest BCUT2D eigenvalue weighted by Crippen LogP contribution is 2.29. The van der Waals surface area contributed by atoms with Crippen molar-refractivity contribution in [2.24, 2.45) is 0 Å². The van der Waals surface area contributed by atoms with Crippen LogP contribution in [-0.4, -0.2) is 11.9 Å². The van der Waals surface area contributed by atoms with Crippen LogP contribution in [0, 0.1) is 6.92 Å². The number of nitrogens with zero attached hydrogens (tertiary/aromatic N) is 1. The Labute approximate surface area is 149 Å². The van der Waals surface area contributed by atoms with E-state index in [0.717, 1.165) is 13.1 Å². The van der Waals surface area contributed by atoms with Gasteiger partial charge in [-0.25, -0.2) is 0 Å². The Hall–Kier alpha value is -1.64. The van der Waals surface area contributed by atoms with E-state index >= 15 is 0 Å². The topological polar surface area (TPSA) is 3.24 Å². The molecule has 1 heterocycles. The van der Waals surface area contributed by atoms with E-state index in [-0.39, 0.29) is 5.41 Å². The van der Waals surface area contributed by atoms with E-state index < -0.39 is 0 Å². The minimum Gasteiger partial charge on any atom is -0.298 e. The zero-order valence-electron chi connectivity index (χ0n) is 15.4. The molecule has 1 aromatic heterocycles. The molecule has 0 unspecified atom stereocenters. The molecule has 0 radical (unpaired) electrons. The molecule has 0 atom stereocenters. The van der Waals surface area contributed by atoms with Gasteiger partial charge in [0.2, 0.25) is 0 Å². The van der Waals surface area contributed by atoms with Gasteiger partial charge in [-0.05, 0) is 52.4 Å². The van der Waals surface area contributed by atoms with Gasteiger partial charge in [0.05, 0.1) is 0 Å². The maximum absolute atomic E-state index is 2.40. The first-order chi connectivity index (χ1) is 11.3. The smallest absolute Gasteiger partial charge is 0.0375 e. The number of fused-ring (bicyclic) bond motifs is 1. The average molecular weight is 338 g/mol. The molecule has 0 aliphatic heterocycles. The average Bonchev–Trinajstić information content (AvgIpc) is 2.91. The Kier molecular flexibility index (Phi) is 4.80. The van der Waals surface area contributed by atoms with Crippen LogP contribution in [0.5, 0.6) is 0 Å². The summed E-state index contributed by atoms with van der Waals surface area (Å²) in [6.45, 7) is 11.0. The van der Waals surface area contributed by atoms with Gasteiger partial charge < -0.3 is 0 Å². The lowest BCUT2D eigenvalue weighted by atomic mass is 9.87. The minimum absolute atomic E-state index is 0.220. The maximum Gasteiger partial charge on any atom is 0.0375 e. The number of thiophene rings is 1. The summed E-state index contributed by atoms with van der Waals surface area (Å²) in [4.78, 5) is 2.40. The summed E-state index contributed by atoms with van der Waals surface area (Å²) in [6.07, 6.45) is 0. The summed E-state index contributed by atoms with van der Waals surface area (Å²) in [5, 5.41) is 3.73.